The summed E-state index contributed by atoms with van der Waals surface area (Å²) in [5.41, 5.74) is 2.94. The molecule has 0 spiro atoms. The largest absolute Gasteiger partial charge is 0.493 e. The minimum absolute atomic E-state index is 0.0955. The van der Waals surface area contributed by atoms with Crippen molar-refractivity contribution in [3.63, 3.8) is 0 Å². The third-order valence-electron chi connectivity index (χ3n) is 3.66. The molecule has 0 aliphatic carbocycles. The molecule has 0 bridgehead atoms. The molecule has 1 N–H and O–H groups in total. The van der Waals surface area contributed by atoms with E-state index in [2.05, 4.69) is 72.0 Å². The third kappa shape index (κ3) is 5.70. The summed E-state index contributed by atoms with van der Waals surface area (Å²) in [4.78, 5) is 0. The molecule has 0 atom stereocenters. The minimum Gasteiger partial charge on any atom is -0.493 e. The van der Waals surface area contributed by atoms with Gasteiger partial charge in [-0.3, -0.25) is 0 Å². The van der Waals surface area contributed by atoms with Crippen molar-refractivity contribution in [3.8, 4) is 5.75 Å². The van der Waals surface area contributed by atoms with Gasteiger partial charge in [-0.1, -0.05) is 60.6 Å². The van der Waals surface area contributed by atoms with Gasteiger partial charge in [-0.25, -0.2) is 0 Å². The Kier molecular flexibility index (Phi) is 6.27. The first-order valence-corrected chi connectivity index (χ1v) is 8.15. The third-order valence-corrected chi connectivity index (χ3v) is 3.66. The molecule has 0 aliphatic heterocycles. The first-order valence-electron chi connectivity index (χ1n) is 8.15. The highest BCUT2D eigenvalue weighted by atomic mass is 16.5. The fourth-order valence-corrected chi connectivity index (χ4v) is 2.26. The highest BCUT2D eigenvalue weighted by Gasteiger charge is 2.22. The van der Waals surface area contributed by atoms with E-state index in [1.807, 2.05) is 0 Å². The molecule has 21 heavy (non-hydrogen) atoms. The van der Waals surface area contributed by atoms with E-state index in [0.29, 0.717) is 0 Å². The standard InChI is InChI=1S/C19H33NO/c1-8-20-12-9-13-21-17-11-10-15(18(2,3)4)14-16(17)19(5,6)7/h10-11,14,20H,8-9,12-13H2,1-7H3. The Bertz CT molecular complexity index is 438. The highest BCUT2D eigenvalue weighted by molar-refractivity contribution is 5.43. The summed E-state index contributed by atoms with van der Waals surface area (Å²) in [5, 5.41) is 3.33. The molecular formula is C19H33NO. The summed E-state index contributed by atoms with van der Waals surface area (Å²) in [5.74, 6) is 1.03. The molecule has 0 saturated heterocycles. The number of rotatable bonds is 6. The minimum atomic E-state index is 0.0955. The molecule has 1 aromatic carbocycles. The summed E-state index contributed by atoms with van der Waals surface area (Å²) in [6, 6.07) is 6.67. The Labute approximate surface area is 131 Å². The predicted molar refractivity (Wildman–Crippen MR) is 92.5 cm³/mol. The summed E-state index contributed by atoms with van der Waals surface area (Å²) in [6.45, 7) is 18.5. The summed E-state index contributed by atoms with van der Waals surface area (Å²) in [6.07, 6.45) is 1.04. The summed E-state index contributed by atoms with van der Waals surface area (Å²) >= 11 is 0. The van der Waals surface area contributed by atoms with Crippen LogP contribution in [0.4, 0.5) is 0 Å². The second-order valence-corrected chi connectivity index (χ2v) is 7.77. The van der Waals surface area contributed by atoms with Gasteiger partial charge >= 0.3 is 0 Å². The van der Waals surface area contributed by atoms with Crippen LogP contribution in [0.5, 0.6) is 5.75 Å². The van der Waals surface area contributed by atoms with E-state index in [1.54, 1.807) is 0 Å². The van der Waals surface area contributed by atoms with Gasteiger partial charge in [-0.15, -0.1) is 0 Å². The van der Waals surface area contributed by atoms with Crippen LogP contribution in [0.25, 0.3) is 0 Å². The van der Waals surface area contributed by atoms with Crippen LogP contribution in [0.3, 0.4) is 0 Å². The lowest BCUT2D eigenvalue weighted by Gasteiger charge is -2.27. The van der Waals surface area contributed by atoms with E-state index in [1.165, 1.54) is 11.1 Å². The van der Waals surface area contributed by atoms with Gasteiger partial charge in [0, 0.05) is 0 Å². The fourth-order valence-electron chi connectivity index (χ4n) is 2.26. The molecule has 120 valence electrons. The van der Waals surface area contributed by atoms with Crippen LogP contribution in [0.1, 0.15) is 66.0 Å². The van der Waals surface area contributed by atoms with Gasteiger partial charge in [0.25, 0.3) is 0 Å². The average Bonchev–Trinajstić information content (AvgIpc) is 2.36. The van der Waals surface area contributed by atoms with E-state index < -0.39 is 0 Å². The maximum absolute atomic E-state index is 6.04. The molecule has 1 rings (SSSR count). The molecule has 1 aromatic rings. The van der Waals surface area contributed by atoms with Gasteiger partial charge in [0.05, 0.1) is 6.61 Å². The first-order chi connectivity index (χ1) is 9.66. The van der Waals surface area contributed by atoms with Crippen LogP contribution in [0.15, 0.2) is 18.2 Å². The highest BCUT2D eigenvalue weighted by Crippen LogP contribution is 2.35. The second kappa shape index (κ2) is 7.31. The number of ether oxygens (including phenoxy) is 1. The van der Waals surface area contributed by atoms with Crippen molar-refractivity contribution in [1.82, 2.24) is 5.32 Å². The lowest BCUT2D eigenvalue weighted by atomic mass is 9.80. The van der Waals surface area contributed by atoms with E-state index in [0.717, 1.165) is 31.9 Å². The Balaban J connectivity index is 2.88. The van der Waals surface area contributed by atoms with Crippen molar-refractivity contribution in [2.24, 2.45) is 0 Å². The lowest BCUT2D eigenvalue weighted by molar-refractivity contribution is 0.300. The van der Waals surface area contributed by atoms with Gasteiger partial charge in [-0.05, 0) is 47.5 Å². The predicted octanol–water partition coefficient (Wildman–Crippen LogP) is 4.66. The zero-order chi connectivity index (χ0) is 16.1. The maximum atomic E-state index is 6.04. The van der Waals surface area contributed by atoms with E-state index in [-0.39, 0.29) is 10.8 Å². The van der Waals surface area contributed by atoms with Gasteiger partial charge in [0.1, 0.15) is 5.75 Å². The number of benzene rings is 1. The van der Waals surface area contributed by atoms with Crippen molar-refractivity contribution >= 4 is 0 Å². The van der Waals surface area contributed by atoms with Gasteiger partial charge in [0.2, 0.25) is 0 Å². The van der Waals surface area contributed by atoms with E-state index in [9.17, 15) is 0 Å². The average molecular weight is 291 g/mol. The van der Waals surface area contributed by atoms with Crippen molar-refractivity contribution in [3.05, 3.63) is 29.3 Å². The molecule has 0 amide bonds. The summed E-state index contributed by atoms with van der Waals surface area (Å²) in [7, 11) is 0. The molecule has 0 fully saturated rings. The molecule has 2 nitrogen and oxygen atoms in total. The maximum Gasteiger partial charge on any atom is 0.123 e. The quantitative estimate of drug-likeness (QED) is 0.770. The van der Waals surface area contributed by atoms with Crippen LogP contribution in [-0.4, -0.2) is 19.7 Å². The fraction of sp³-hybridized carbons (Fsp3) is 0.684. The SMILES string of the molecule is CCNCCCOc1ccc(C(C)(C)C)cc1C(C)(C)C. The van der Waals surface area contributed by atoms with Crippen molar-refractivity contribution in [2.45, 2.75) is 65.7 Å². The topological polar surface area (TPSA) is 21.3 Å². The molecular weight excluding hydrogens is 258 g/mol. The molecule has 0 unspecified atom stereocenters. The van der Waals surface area contributed by atoms with Crippen LogP contribution < -0.4 is 10.1 Å². The monoisotopic (exact) mass is 291 g/mol. The van der Waals surface area contributed by atoms with Crippen LogP contribution in [0, 0.1) is 0 Å². The first kappa shape index (κ1) is 18.0. The number of hydrogen-bond acceptors (Lipinski definition) is 2. The molecule has 0 aromatic heterocycles. The summed E-state index contributed by atoms with van der Waals surface area (Å²) < 4.78 is 6.04. The lowest BCUT2D eigenvalue weighted by Crippen LogP contribution is -2.19. The van der Waals surface area contributed by atoms with Crippen LogP contribution in [-0.2, 0) is 10.8 Å². The Morgan fingerprint density at radius 2 is 1.67 bits per heavy atom. The van der Waals surface area contributed by atoms with Crippen LogP contribution in [0.2, 0.25) is 0 Å². The molecule has 0 aliphatic rings. The zero-order valence-electron chi connectivity index (χ0n) is 15.0. The van der Waals surface area contributed by atoms with Gasteiger partial charge in [-0.2, -0.15) is 0 Å². The molecule has 0 radical (unpaired) electrons. The van der Waals surface area contributed by atoms with Gasteiger partial charge in [0.15, 0.2) is 0 Å². The van der Waals surface area contributed by atoms with E-state index in [4.69, 9.17) is 4.74 Å². The van der Waals surface area contributed by atoms with Crippen molar-refractivity contribution in [1.29, 1.82) is 0 Å². The van der Waals surface area contributed by atoms with Crippen molar-refractivity contribution in [2.75, 3.05) is 19.7 Å². The smallest absolute Gasteiger partial charge is 0.123 e. The normalized spacial score (nSPS) is 12.5. The molecule has 2 heteroatoms. The van der Waals surface area contributed by atoms with E-state index >= 15 is 0 Å². The van der Waals surface area contributed by atoms with Gasteiger partial charge < -0.3 is 10.1 Å². The Morgan fingerprint density at radius 3 is 2.19 bits per heavy atom. The van der Waals surface area contributed by atoms with Crippen LogP contribution >= 0.6 is 0 Å². The van der Waals surface area contributed by atoms with Crippen molar-refractivity contribution < 1.29 is 4.74 Å². The number of hydrogen-bond donors (Lipinski definition) is 1. The molecule has 0 heterocycles. The Morgan fingerprint density at radius 1 is 1.00 bits per heavy atom. The Hall–Kier alpha value is -1.02. The zero-order valence-corrected chi connectivity index (χ0v) is 15.0. The molecule has 0 saturated carbocycles. The second-order valence-electron chi connectivity index (χ2n) is 7.77. The number of nitrogens with one attached hydrogen (secondary N) is 1.